The highest BCUT2D eigenvalue weighted by atomic mass is 16.4. The summed E-state index contributed by atoms with van der Waals surface area (Å²) in [6.45, 7) is 1.85. The number of amides is 1. The first kappa shape index (κ1) is 18.6. The van der Waals surface area contributed by atoms with E-state index in [-0.39, 0.29) is 0 Å². The van der Waals surface area contributed by atoms with Crippen LogP contribution in [-0.2, 0) is 16.6 Å². The number of benzene rings is 1. The van der Waals surface area contributed by atoms with E-state index in [2.05, 4.69) is 25.7 Å². The maximum Gasteiger partial charge on any atom is 0.319 e. The summed E-state index contributed by atoms with van der Waals surface area (Å²) < 4.78 is 1.68. The molecular weight excluding hydrogens is 372 g/mol. The van der Waals surface area contributed by atoms with Crippen LogP contribution in [0, 0.1) is 12.3 Å². The molecule has 2 heterocycles. The number of carbonyl (C=O) groups excluding carboxylic acids is 1. The number of carboxylic acid groups (broad SMARTS) is 1. The van der Waals surface area contributed by atoms with Crippen molar-refractivity contribution in [3.8, 4) is 11.3 Å². The van der Waals surface area contributed by atoms with Crippen molar-refractivity contribution >= 4 is 29.3 Å². The molecule has 1 saturated carbocycles. The summed E-state index contributed by atoms with van der Waals surface area (Å²) in [6, 6.07) is 9.09. The highest BCUT2D eigenvalue weighted by molar-refractivity contribution is 6.11. The number of anilines is 3. The third-order valence-electron chi connectivity index (χ3n) is 4.97. The first-order chi connectivity index (χ1) is 13.9. The van der Waals surface area contributed by atoms with Gasteiger partial charge in [0, 0.05) is 36.8 Å². The maximum atomic E-state index is 12.3. The van der Waals surface area contributed by atoms with Crippen molar-refractivity contribution < 1.29 is 14.7 Å². The minimum atomic E-state index is -1.27. The fraction of sp³-hybridized carbons (Fsp3) is 0.250. The number of carboxylic acids is 1. The fourth-order valence-corrected chi connectivity index (χ4v) is 3.04. The molecule has 0 atom stereocenters. The van der Waals surface area contributed by atoms with Gasteiger partial charge in [-0.25, -0.2) is 9.97 Å². The van der Waals surface area contributed by atoms with Gasteiger partial charge in [-0.1, -0.05) is 6.07 Å². The molecule has 0 aliphatic heterocycles. The van der Waals surface area contributed by atoms with Crippen molar-refractivity contribution in [1.29, 1.82) is 0 Å². The lowest BCUT2D eigenvalue weighted by Gasteiger charge is -2.14. The summed E-state index contributed by atoms with van der Waals surface area (Å²) in [5.41, 5.74) is 1.70. The predicted molar refractivity (Wildman–Crippen MR) is 107 cm³/mol. The van der Waals surface area contributed by atoms with E-state index in [0.29, 0.717) is 36.0 Å². The summed E-state index contributed by atoms with van der Waals surface area (Å²) in [7, 11) is 1.83. The Balaban J connectivity index is 1.53. The van der Waals surface area contributed by atoms with Gasteiger partial charge in [0.1, 0.15) is 5.41 Å². The molecule has 1 aliphatic carbocycles. The van der Waals surface area contributed by atoms with Gasteiger partial charge < -0.3 is 15.7 Å². The Morgan fingerprint density at radius 1 is 1.21 bits per heavy atom. The van der Waals surface area contributed by atoms with Gasteiger partial charge in [0.25, 0.3) is 0 Å². The van der Waals surface area contributed by atoms with Gasteiger partial charge in [0.05, 0.1) is 5.69 Å². The molecule has 9 heteroatoms. The molecule has 4 rings (SSSR count). The summed E-state index contributed by atoms with van der Waals surface area (Å²) >= 11 is 0. The molecule has 148 valence electrons. The molecule has 0 radical (unpaired) electrons. The highest BCUT2D eigenvalue weighted by Crippen LogP contribution is 2.47. The van der Waals surface area contributed by atoms with Crippen LogP contribution in [-0.4, -0.2) is 36.7 Å². The zero-order valence-corrected chi connectivity index (χ0v) is 16.0. The molecule has 0 bridgehead atoms. The average Bonchev–Trinajstić information content (AvgIpc) is 3.42. The number of aryl methyl sites for hydroxylation is 2. The monoisotopic (exact) mass is 392 g/mol. The minimum Gasteiger partial charge on any atom is -0.480 e. The van der Waals surface area contributed by atoms with E-state index in [1.165, 1.54) is 0 Å². The van der Waals surface area contributed by atoms with Gasteiger partial charge in [-0.2, -0.15) is 5.10 Å². The Morgan fingerprint density at radius 2 is 2.00 bits per heavy atom. The van der Waals surface area contributed by atoms with E-state index >= 15 is 0 Å². The van der Waals surface area contributed by atoms with Crippen LogP contribution in [0.2, 0.25) is 0 Å². The van der Waals surface area contributed by atoms with Gasteiger partial charge in [0.15, 0.2) is 5.82 Å². The molecule has 0 spiro atoms. The average molecular weight is 392 g/mol. The van der Waals surface area contributed by atoms with Crippen molar-refractivity contribution in [2.45, 2.75) is 19.8 Å². The lowest BCUT2D eigenvalue weighted by Crippen LogP contribution is -2.31. The van der Waals surface area contributed by atoms with E-state index in [1.807, 2.05) is 38.4 Å². The third kappa shape index (κ3) is 3.66. The van der Waals surface area contributed by atoms with E-state index < -0.39 is 17.3 Å². The topological polar surface area (TPSA) is 122 Å². The van der Waals surface area contributed by atoms with E-state index in [9.17, 15) is 14.7 Å². The second-order valence-corrected chi connectivity index (χ2v) is 7.14. The molecular formula is C20H20N6O3. The van der Waals surface area contributed by atoms with Crippen LogP contribution in [0.1, 0.15) is 18.4 Å². The third-order valence-corrected chi connectivity index (χ3v) is 4.97. The second kappa shape index (κ2) is 7.01. The minimum absolute atomic E-state index is 0.373. The molecule has 1 amide bonds. The molecule has 1 fully saturated rings. The number of rotatable bonds is 6. The van der Waals surface area contributed by atoms with Gasteiger partial charge in [0.2, 0.25) is 11.9 Å². The highest BCUT2D eigenvalue weighted by Gasteiger charge is 2.57. The molecule has 2 aromatic heterocycles. The first-order valence-corrected chi connectivity index (χ1v) is 9.13. The Labute approximate surface area is 166 Å². The maximum absolute atomic E-state index is 12.3. The number of nitrogens with zero attached hydrogens (tertiary/aromatic N) is 4. The van der Waals surface area contributed by atoms with Crippen LogP contribution in [0.5, 0.6) is 0 Å². The Morgan fingerprint density at radius 3 is 2.62 bits per heavy atom. The van der Waals surface area contributed by atoms with Crippen LogP contribution >= 0.6 is 0 Å². The van der Waals surface area contributed by atoms with Crippen molar-refractivity contribution in [3.63, 3.8) is 0 Å². The Kier molecular flexibility index (Phi) is 4.50. The second-order valence-electron chi connectivity index (χ2n) is 7.14. The van der Waals surface area contributed by atoms with Crippen molar-refractivity contribution in [2.24, 2.45) is 12.5 Å². The normalized spacial score (nSPS) is 14.3. The van der Waals surface area contributed by atoms with E-state index in [0.717, 1.165) is 11.1 Å². The molecule has 29 heavy (non-hydrogen) atoms. The zero-order chi connectivity index (χ0) is 20.6. The number of aromatic nitrogens is 4. The summed E-state index contributed by atoms with van der Waals surface area (Å²) in [5.74, 6) is -0.470. The number of nitrogens with one attached hydrogen (secondary N) is 2. The summed E-state index contributed by atoms with van der Waals surface area (Å²) in [6.07, 6.45) is 4.22. The van der Waals surface area contributed by atoms with Gasteiger partial charge in [-0.15, -0.1) is 0 Å². The van der Waals surface area contributed by atoms with Crippen LogP contribution in [0.3, 0.4) is 0 Å². The van der Waals surface area contributed by atoms with Crippen LogP contribution in [0.25, 0.3) is 11.3 Å². The number of hydrogen-bond acceptors (Lipinski definition) is 6. The van der Waals surface area contributed by atoms with Crippen molar-refractivity contribution in [1.82, 2.24) is 19.7 Å². The number of aliphatic carboxylic acids is 1. The fourth-order valence-electron chi connectivity index (χ4n) is 3.04. The number of carbonyl (C=O) groups is 2. The van der Waals surface area contributed by atoms with Crippen LogP contribution in [0.15, 0.2) is 42.7 Å². The molecule has 1 aliphatic rings. The van der Waals surface area contributed by atoms with Crippen LogP contribution in [0.4, 0.5) is 17.5 Å². The Bertz CT molecular complexity index is 1100. The van der Waals surface area contributed by atoms with Gasteiger partial charge in [-0.3, -0.25) is 14.3 Å². The van der Waals surface area contributed by atoms with E-state index in [1.54, 1.807) is 23.0 Å². The smallest absolute Gasteiger partial charge is 0.319 e. The first-order valence-electron chi connectivity index (χ1n) is 9.13. The molecule has 0 saturated heterocycles. The van der Waals surface area contributed by atoms with Crippen molar-refractivity contribution in [3.05, 3.63) is 48.3 Å². The standard InChI is InChI=1S/C20H20N6O3/c1-12-11-13(3-4-14(12)22-17(27)20(7-8-20)18(28)29)15-5-9-21-19(23-15)24-16-6-10-26(2)25-16/h3-6,9-11H,7-8H2,1-2H3,(H,22,27)(H,28,29)(H,21,23,24,25). The zero-order valence-electron chi connectivity index (χ0n) is 16.0. The number of hydrogen-bond donors (Lipinski definition) is 3. The Hall–Kier alpha value is -3.75. The van der Waals surface area contributed by atoms with Gasteiger partial charge in [-0.05, 0) is 43.5 Å². The molecule has 3 N–H and O–H groups in total. The van der Waals surface area contributed by atoms with Crippen LogP contribution < -0.4 is 10.6 Å². The van der Waals surface area contributed by atoms with Gasteiger partial charge >= 0.3 is 5.97 Å². The summed E-state index contributed by atoms with van der Waals surface area (Å²) in [5, 5.41) is 19.3. The molecule has 9 nitrogen and oxygen atoms in total. The SMILES string of the molecule is Cc1cc(-c2ccnc(Nc3ccn(C)n3)n2)ccc1NC(=O)C1(C(=O)O)CC1. The largest absolute Gasteiger partial charge is 0.480 e. The molecule has 1 aromatic carbocycles. The lowest BCUT2D eigenvalue weighted by atomic mass is 10.0. The van der Waals surface area contributed by atoms with E-state index in [4.69, 9.17) is 0 Å². The molecule has 0 unspecified atom stereocenters. The van der Waals surface area contributed by atoms with Crippen molar-refractivity contribution in [2.75, 3.05) is 10.6 Å². The summed E-state index contributed by atoms with van der Waals surface area (Å²) in [4.78, 5) is 32.4. The quantitative estimate of drug-likeness (QED) is 0.551. The lowest BCUT2D eigenvalue weighted by molar-refractivity contribution is -0.147. The molecule has 3 aromatic rings. The predicted octanol–water partition coefficient (Wildman–Crippen LogP) is 2.73.